The first-order chi connectivity index (χ1) is 21.3. The number of amides is 1. The molecule has 1 saturated heterocycles. The SMILES string of the molecule is O=C(O)[C@H]1CC[C@H](C(=O)N2CCC(c3ccc(C(F)(C(F)(F)F)C(F)(F)F)cc3)(S(=O)(=O)c3cccc(C4(O)CCC4)c3)C2)CC1. The number of nitrogens with zero attached hydrogens (tertiary/aromatic N) is 1. The van der Waals surface area contributed by atoms with Crippen LogP contribution in [0, 0.1) is 11.8 Å². The second-order valence-corrected chi connectivity index (χ2v) is 14.8. The number of halogens is 7. The van der Waals surface area contributed by atoms with Gasteiger partial charge in [0.25, 0.3) is 0 Å². The van der Waals surface area contributed by atoms with Gasteiger partial charge in [0.05, 0.1) is 16.4 Å². The zero-order chi connectivity index (χ0) is 33.9. The summed E-state index contributed by atoms with van der Waals surface area (Å²) in [7, 11) is -4.56. The highest BCUT2D eigenvalue weighted by Crippen LogP contribution is 2.54. The average Bonchev–Trinajstić information content (AvgIpc) is 3.45. The summed E-state index contributed by atoms with van der Waals surface area (Å²) >= 11 is 0. The maximum atomic E-state index is 14.8. The number of aliphatic hydroxyl groups is 1. The lowest BCUT2D eigenvalue weighted by molar-refractivity contribution is -0.348. The number of carbonyl (C=O) groups is 2. The lowest BCUT2D eigenvalue weighted by atomic mass is 9.75. The Morgan fingerprint density at radius 3 is 1.87 bits per heavy atom. The predicted octanol–water partition coefficient (Wildman–Crippen LogP) is 6.14. The summed E-state index contributed by atoms with van der Waals surface area (Å²) in [4.78, 5) is 25.9. The number of carboxylic acid groups (broad SMARTS) is 1. The molecule has 1 amide bonds. The van der Waals surface area contributed by atoms with Crippen LogP contribution >= 0.6 is 0 Å². The Hall–Kier alpha value is -3.20. The van der Waals surface area contributed by atoms with Gasteiger partial charge in [-0.05, 0) is 74.6 Å². The highest BCUT2D eigenvalue weighted by Gasteiger charge is 2.73. The highest BCUT2D eigenvalue weighted by atomic mass is 32.2. The number of carbonyl (C=O) groups excluding carboxylic acids is 1. The zero-order valence-corrected chi connectivity index (χ0v) is 25.2. The van der Waals surface area contributed by atoms with Crippen LogP contribution in [0.5, 0.6) is 0 Å². The molecule has 0 radical (unpaired) electrons. The predicted molar refractivity (Wildman–Crippen MR) is 149 cm³/mol. The van der Waals surface area contributed by atoms with Gasteiger partial charge in [0.15, 0.2) is 9.84 Å². The topological polar surface area (TPSA) is 112 Å². The Morgan fingerprint density at radius 1 is 0.804 bits per heavy atom. The number of likely N-dealkylation sites (tertiary alicyclic amines) is 1. The maximum absolute atomic E-state index is 14.8. The van der Waals surface area contributed by atoms with Gasteiger partial charge in [0, 0.05) is 24.6 Å². The van der Waals surface area contributed by atoms with Gasteiger partial charge in [0.1, 0.15) is 4.75 Å². The molecule has 1 unspecified atom stereocenters. The molecule has 1 atom stereocenters. The van der Waals surface area contributed by atoms with Gasteiger partial charge in [-0.25, -0.2) is 12.8 Å². The Balaban J connectivity index is 1.55. The average molecular weight is 680 g/mol. The van der Waals surface area contributed by atoms with E-state index in [4.69, 9.17) is 0 Å². The van der Waals surface area contributed by atoms with E-state index in [1.807, 2.05) is 0 Å². The molecule has 1 heterocycles. The van der Waals surface area contributed by atoms with Crippen molar-refractivity contribution in [1.82, 2.24) is 4.90 Å². The van der Waals surface area contributed by atoms with Crippen LogP contribution in [0.2, 0.25) is 0 Å². The highest BCUT2D eigenvalue weighted by molar-refractivity contribution is 7.92. The van der Waals surface area contributed by atoms with E-state index in [2.05, 4.69) is 0 Å². The number of aliphatic carboxylic acids is 1. The Morgan fingerprint density at radius 2 is 1.37 bits per heavy atom. The molecule has 2 aliphatic carbocycles. The van der Waals surface area contributed by atoms with Gasteiger partial charge >= 0.3 is 24.0 Å². The zero-order valence-electron chi connectivity index (χ0n) is 24.4. The molecule has 7 nitrogen and oxygen atoms in total. The second kappa shape index (κ2) is 11.5. The number of rotatable bonds is 7. The first-order valence-corrected chi connectivity index (χ1v) is 16.3. The molecule has 46 heavy (non-hydrogen) atoms. The fourth-order valence-corrected chi connectivity index (χ4v) is 9.02. The lowest BCUT2D eigenvalue weighted by Crippen LogP contribution is -2.50. The van der Waals surface area contributed by atoms with Crippen molar-refractivity contribution in [2.45, 2.75) is 84.6 Å². The fourth-order valence-electron chi connectivity index (χ4n) is 6.90. The molecule has 3 fully saturated rings. The third-order valence-corrected chi connectivity index (χ3v) is 12.4. The summed E-state index contributed by atoms with van der Waals surface area (Å²) in [6.45, 7) is -0.624. The first-order valence-electron chi connectivity index (χ1n) is 14.8. The van der Waals surface area contributed by atoms with Crippen molar-refractivity contribution < 1.29 is 59.0 Å². The van der Waals surface area contributed by atoms with Crippen LogP contribution in [-0.4, -0.2) is 60.8 Å². The molecule has 2 saturated carbocycles. The van der Waals surface area contributed by atoms with Crippen molar-refractivity contribution in [3.63, 3.8) is 0 Å². The lowest BCUT2D eigenvalue weighted by Gasteiger charge is -2.37. The van der Waals surface area contributed by atoms with Crippen LogP contribution < -0.4 is 0 Å². The Bertz CT molecular complexity index is 1580. The van der Waals surface area contributed by atoms with Gasteiger partial charge in [-0.1, -0.05) is 36.4 Å². The van der Waals surface area contributed by atoms with E-state index >= 15 is 0 Å². The van der Waals surface area contributed by atoms with E-state index < -0.39 is 74.0 Å². The van der Waals surface area contributed by atoms with Crippen LogP contribution in [0.1, 0.15) is 68.1 Å². The number of hydrogen-bond acceptors (Lipinski definition) is 5. The quantitative estimate of drug-likeness (QED) is 0.340. The van der Waals surface area contributed by atoms with E-state index in [1.54, 1.807) is 6.07 Å². The number of carboxylic acids is 1. The van der Waals surface area contributed by atoms with E-state index in [0.29, 0.717) is 37.0 Å². The smallest absolute Gasteiger partial charge is 0.435 e. The molecule has 0 bridgehead atoms. The van der Waals surface area contributed by atoms with E-state index in [1.165, 1.54) is 23.1 Å². The third kappa shape index (κ3) is 5.46. The number of alkyl halides is 7. The third-order valence-electron chi connectivity index (χ3n) is 9.94. The number of benzene rings is 2. The molecule has 2 aromatic rings. The van der Waals surface area contributed by atoms with Gasteiger partial charge in [-0.15, -0.1) is 0 Å². The van der Waals surface area contributed by atoms with E-state index in [9.17, 15) is 59.0 Å². The molecule has 0 spiro atoms. The van der Waals surface area contributed by atoms with Crippen molar-refractivity contribution in [1.29, 1.82) is 0 Å². The fraction of sp³-hybridized carbons (Fsp3) is 0.548. The maximum Gasteiger partial charge on any atom is 0.435 e. The normalized spacial score (nSPS) is 25.6. The molecule has 2 N–H and O–H groups in total. The molecule has 3 aliphatic rings. The van der Waals surface area contributed by atoms with Crippen molar-refractivity contribution in [3.8, 4) is 0 Å². The van der Waals surface area contributed by atoms with E-state index in [-0.39, 0.29) is 61.2 Å². The van der Waals surface area contributed by atoms with E-state index in [0.717, 1.165) is 0 Å². The van der Waals surface area contributed by atoms with Gasteiger partial charge < -0.3 is 15.1 Å². The summed E-state index contributed by atoms with van der Waals surface area (Å²) in [5, 5.41) is 20.2. The van der Waals surface area contributed by atoms with Gasteiger partial charge in [0.2, 0.25) is 5.91 Å². The molecule has 0 aromatic heterocycles. The summed E-state index contributed by atoms with van der Waals surface area (Å²) in [5.41, 5.74) is -8.67. The first kappa shape index (κ1) is 34.1. The van der Waals surface area contributed by atoms with Crippen LogP contribution in [0.4, 0.5) is 30.7 Å². The van der Waals surface area contributed by atoms with Crippen molar-refractivity contribution in [3.05, 3.63) is 65.2 Å². The minimum Gasteiger partial charge on any atom is -0.481 e. The van der Waals surface area contributed by atoms with Crippen LogP contribution in [0.3, 0.4) is 0 Å². The Labute approximate surface area is 260 Å². The summed E-state index contributed by atoms with van der Waals surface area (Å²) in [6, 6.07) is 7.46. The monoisotopic (exact) mass is 679 g/mol. The van der Waals surface area contributed by atoms with Gasteiger partial charge in [-0.3, -0.25) is 9.59 Å². The minimum atomic E-state index is -6.37. The second-order valence-electron chi connectivity index (χ2n) is 12.5. The van der Waals surface area contributed by atoms with Crippen molar-refractivity contribution in [2.75, 3.05) is 13.1 Å². The van der Waals surface area contributed by atoms with Crippen molar-refractivity contribution in [2.24, 2.45) is 11.8 Å². The molecule has 252 valence electrons. The van der Waals surface area contributed by atoms with Gasteiger partial charge in [-0.2, -0.15) is 26.3 Å². The minimum absolute atomic E-state index is 0.125. The molecule has 2 aromatic carbocycles. The summed E-state index contributed by atoms with van der Waals surface area (Å²) in [5.74, 6) is -2.64. The number of hydrogen-bond donors (Lipinski definition) is 2. The van der Waals surface area contributed by atoms with Crippen LogP contribution in [0.25, 0.3) is 0 Å². The molecular weight excluding hydrogens is 647 g/mol. The van der Waals surface area contributed by atoms with Crippen LogP contribution in [-0.2, 0) is 35.4 Å². The molecule has 15 heteroatoms. The standard InChI is InChI=1S/C31H32F7NO6S/c32-29(30(33,34)35,31(36,37)38)22-11-9-21(10-12-22)28(46(44,45)24-4-1-3-23(17-24)27(43)13-2-14-27)15-16-39(18-28)25(40)19-5-7-20(8-6-19)26(41)42/h1,3-4,9-12,17,19-20,43H,2,5-8,13-16,18H2,(H,41,42)/t19-,20-,28?. The molecule has 1 aliphatic heterocycles. The largest absolute Gasteiger partial charge is 0.481 e. The Kier molecular flexibility index (Phi) is 8.53. The summed E-state index contributed by atoms with van der Waals surface area (Å²) < 4.78 is 122. The molecule has 5 rings (SSSR count). The van der Waals surface area contributed by atoms with Crippen LogP contribution in [0.15, 0.2) is 53.4 Å². The number of sulfone groups is 1. The summed E-state index contributed by atoms with van der Waals surface area (Å²) in [6.07, 6.45) is -10.6. The molecular formula is C31H32F7NO6S. The van der Waals surface area contributed by atoms with Crippen molar-refractivity contribution >= 4 is 21.7 Å².